The molecular formula is C15H18N2O3S. The Hall–Kier alpha value is -1.84. The van der Waals surface area contributed by atoms with Crippen molar-refractivity contribution < 1.29 is 14.7 Å². The van der Waals surface area contributed by atoms with E-state index in [9.17, 15) is 9.59 Å². The Bertz CT molecular complexity index is 600. The zero-order valence-electron chi connectivity index (χ0n) is 11.8. The first-order valence-electron chi connectivity index (χ1n) is 6.82. The minimum Gasteiger partial charge on any atom is -0.384 e. The van der Waals surface area contributed by atoms with Crippen LogP contribution >= 0.6 is 11.3 Å². The van der Waals surface area contributed by atoms with Crippen LogP contribution in [0.3, 0.4) is 0 Å². The van der Waals surface area contributed by atoms with Crippen molar-refractivity contribution in [3.8, 4) is 11.8 Å². The van der Waals surface area contributed by atoms with E-state index in [0.29, 0.717) is 11.4 Å². The fourth-order valence-corrected chi connectivity index (χ4v) is 3.25. The van der Waals surface area contributed by atoms with Crippen LogP contribution in [0.2, 0.25) is 0 Å². The molecule has 112 valence electrons. The van der Waals surface area contributed by atoms with Gasteiger partial charge in [0.1, 0.15) is 6.61 Å². The van der Waals surface area contributed by atoms with Crippen LogP contribution in [0.1, 0.15) is 34.3 Å². The van der Waals surface area contributed by atoms with Crippen LogP contribution in [-0.4, -0.2) is 41.0 Å². The second kappa shape index (κ2) is 6.74. The number of carbonyl (C=O) groups excluding carboxylic acids is 2. The average molecular weight is 306 g/mol. The normalized spacial score (nSPS) is 21.5. The molecule has 0 spiro atoms. The molecule has 2 rings (SSSR count). The van der Waals surface area contributed by atoms with Gasteiger partial charge in [0.25, 0.3) is 5.91 Å². The predicted octanol–water partition coefficient (Wildman–Crippen LogP) is 0.818. The second-order valence-electron chi connectivity index (χ2n) is 5.11. The predicted molar refractivity (Wildman–Crippen MR) is 80.7 cm³/mol. The Morgan fingerprint density at radius 2 is 2.24 bits per heavy atom. The third-order valence-corrected chi connectivity index (χ3v) is 4.64. The van der Waals surface area contributed by atoms with Gasteiger partial charge in [0.15, 0.2) is 0 Å². The molecule has 1 aromatic rings. The number of hydrogen-bond acceptors (Lipinski definition) is 4. The summed E-state index contributed by atoms with van der Waals surface area (Å²) in [7, 11) is 0. The van der Waals surface area contributed by atoms with E-state index in [0.717, 1.165) is 17.7 Å². The van der Waals surface area contributed by atoms with Crippen molar-refractivity contribution in [3.05, 3.63) is 21.9 Å². The number of amides is 2. The topological polar surface area (TPSA) is 83.6 Å². The summed E-state index contributed by atoms with van der Waals surface area (Å²) in [6.07, 6.45) is 1.51. The molecule has 1 fully saturated rings. The lowest BCUT2D eigenvalue weighted by Gasteiger charge is -2.36. The molecule has 2 heterocycles. The minimum absolute atomic E-state index is 0.0875. The van der Waals surface area contributed by atoms with Crippen LogP contribution in [0.5, 0.6) is 0 Å². The van der Waals surface area contributed by atoms with Crippen molar-refractivity contribution >= 4 is 23.2 Å². The number of rotatable bonds is 2. The Morgan fingerprint density at radius 1 is 1.48 bits per heavy atom. The third-order valence-electron chi connectivity index (χ3n) is 3.65. The maximum absolute atomic E-state index is 12.6. The average Bonchev–Trinajstić information content (AvgIpc) is 2.93. The zero-order valence-corrected chi connectivity index (χ0v) is 12.7. The van der Waals surface area contributed by atoms with Crippen LogP contribution in [-0.2, 0) is 4.79 Å². The van der Waals surface area contributed by atoms with Gasteiger partial charge in [-0.3, -0.25) is 9.59 Å². The first-order chi connectivity index (χ1) is 10.0. The maximum Gasteiger partial charge on any atom is 0.264 e. The summed E-state index contributed by atoms with van der Waals surface area (Å²) in [5.74, 6) is 4.64. The zero-order chi connectivity index (χ0) is 15.4. The second-order valence-corrected chi connectivity index (χ2v) is 6.19. The molecule has 0 radical (unpaired) electrons. The van der Waals surface area contributed by atoms with Gasteiger partial charge in [-0.25, -0.2) is 0 Å². The highest BCUT2D eigenvalue weighted by Gasteiger charge is 2.32. The van der Waals surface area contributed by atoms with E-state index in [1.807, 2.05) is 6.92 Å². The van der Waals surface area contributed by atoms with Crippen LogP contribution in [0.25, 0.3) is 0 Å². The number of piperidine rings is 1. The van der Waals surface area contributed by atoms with E-state index in [2.05, 4.69) is 11.8 Å². The van der Waals surface area contributed by atoms with Crippen molar-refractivity contribution in [2.24, 2.45) is 11.7 Å². The molecule has 1 saturated heterocycles. The first kappa shape index (κ1) is 15.5. The number of aliphatic hydroxyl groups is 1. The van der Waals surface area contributed by atoms with Gasteiger partial charge >= 0.3 is 0 Å². The van der Waals surface area contributed by atoms with Crippen LogP contribution in [0, 0.1) is 17.8 Å². The van der Waals surface area contributed by atoms with Gasteiger partial charge in [-0.1, -0.05) is 11.8 Å². The molecule has 2 unspecified atom stereocenters. The van der Waals surface area contributed by atoms with E-state index in [-0.39, 0.29) is 30.4 Å². The summed E-state index contributed by atoms with van der Waals surface area (Å²) in [6.45, 7) is 2.16. The highest BCUT2D eigenvalue weighted by Crippen LogP contribution is 2.25. The van der Waals surface area contributed by atoms with E-state index in [1.165, 1.54) is 11.3 Å². The molecule has 5 nitrogen and oxygen atoms in total. The van der Waals surface area contributed by atoms with Crippen molar-refractivity contribution in [1.82, 2.24) is 4.90 Å². The summed E-state index contributed by atoms with van der Waals surface area (Å²) in [6, 6.07) is 3.59. The molecular weight excluding hydrogens is 288 g/mol. The lowest BCUT2D eigenvalue weighted by Crippen LogP contribution is -2.48. The molecule has 0 bridgehead atoms. The van der Waals surface area contributed by atoms with Crippen molar-refractivity contribution in [3.63, 3.8) is 0 Å². The summed E-state index contributed by atoms with van der Waals surface area (Å²) < 4.78 is 0. The summed E-state index contributed by atoms with van der Waals surface area (Å²) in [5.41, 5.74) is 5.36. The first-order valence-corrected chi connectivity index (χ1v) is 7.64. The smallest absolute Gasteiger partial charge is 0.264 e. The number of primary amides is 1. The fourth-order valence-electron chi connectivity index (χ4n) is 2.41. The highest BCUT2D eigenvalue weighted by atomic mass is 32.1. The molecule has 3 N–H and O–H groups in total. The van der Waals surface area contributed by atoms with Gasteiger partial charge in [-0.15, -0.1) is 11.3 Å². The number of nitrogens with two attached hydrogens (primary N) is 1. The summed E-state index contributed by atoms with van der Waals surface area (Å²) in [4.78, 5) is 26.9. The lowest BCUT2D eigenvalue weighted by molar-refractivity contribution is -0.123. The quantitative estimate of drug-likeness (QED) is 0.793. The standard InChI is InChI=1S/C15H18N2O3S/c1-10-4-5-11(14(16)19)9-17(10)15(20)13-7-6-12(21-13)3-2-8-18/h6-7,10-11,18H,4-5,8-9H2,1H3,(H2,16,19). The number of likely N-dealkylation sites (tertiary alicyclic amines) is 1. The van der Waals surface area contributed by atoms with E-state index < -0.39 is 0 Å². The van der Waals surface area contributed by atoms with Gasteiger partial charge in [-0.2, -0.15) is 0 Å². The van der Waals surface area contributed by atoms with Gasteiger partial charge < -0.3 is 15.7 Å². The largest absolute Gasteiger partial charge is 0.384 e. The van der Waals surface area contributed by atoms with E-state index in [4.69, 9.17) is 10.8 Å². The van der Waals surface area contributed by atoms with Crippen molar-refractivity contribution in [2.75, 3.05) is 13.2 Å². The summed E-state index contributed by atoms with van der Waals surface area (Å²) in [5, 5.41) is 8.68. The molecule has 6 heteroatoms. The SMILES string of the molecule is CC1CCC(C(N)=O)CN1C(=O)c1ccc(C#CCO)s1. The van der Waals surface area contributed by atoms with Gasteiger partial charge in [0, 0.05) is 12.6 Å². The fraction of sp³-hybridized carbons (Fsp3) is 0.467. The molecule has 0 aliphatic carbocycles. The Kier molecular flexibility index (Phi) is 4.99. The Morgan fingerprint density at radius 3 is 2.90 bits per heavy atom. The van der Waals surface area contributed by atoms with Gasteiger partial charge in [0.2, 0.25) is 5.91 Å². The molecule has 2 atom stereocenters. The number of thiophene rings is 1. The Labute approximate surface area is 127 Å². The molecule has 1 aliphatic rings. The third kappa shape index (κ3) is 3.63. The summed E-state index contributed by atoms with van der Waals surface area (Å²) >= 11 is 1.29. The molecule has 0 aromatic carbocycles. The van der Waals surface area contributed by atoms with Crippen LogP contribution in [0.4, 0.5) is 0 Å². The molecule has 1 aromatic heterocycles. The Balaban J connectivity index is 2.14. The number of aliphatic hydroxyl groups excluding tert-OH is 1. The number of carbonyl (C=O) groups is 2. The molecule has 0 saturated carbocycles. The van der Waals surface area contributed by atoms with Crippen molar-refractivity contribution in [1.29, 1.82) is 0 Å². The molecule has 2 amide bonds. The van der Waals surface area contributed by atoms with E-state index in [1.54, 1.807) is 17.0 Å². The van der Waals surface area contributed by atoms with Crippen LogP contribution in [0.15, 0.2) is 12.1 Å². The lowest BCUT2D eigenvalue weighted by atomic mass is 9.93. The van der Waals surface area contributed by atoms with Crippen LogP contribution < -0.4 is 5.73 Å². The molecule has 1 aliphatic heterocycles. The highest BCUT2D eigenvalue weighted by molar-refractivity contribution is 7.14. The minimum atomic E-state index is -0.347. The van der Waals surface area contributed by atoms with Gasteiger partial charge in [0.05, 0.1) is 15.7 Å². The van der Waals surface area contributed by atoms with E-state index >= 15 is 0 Å². The van der Waals surface area contributed by atoms with Gasteiger partial charge in [-0.05, 0) is 31.9 Å². The monoisotopic (exact) mass is 306 g/mol. The van der Waals surface area contributed by atoms with Crippen molar-refractivity contribution in [2.45, 2.75) is 25.8 Å². The molecule has 21 heavy (non-hydrogen) atoms. The number of hydrogen-bond donors (Lipinski definition) is 2. The number of nitrogens with zero attached hydrogens (tertiary/aromatic N) is 1. The maximum atomic E-state index is 12.6.